The molecule has 0 bridgehead atoms. The van der Waals surface area contributed by atoms with Crippen LogP contribution in [-0.2, 0) is 11.3 Å². The van der Waals surface area contributed by atoms with E-state index in [1.807, 2.05) is 90.1 Å². The minimum absolute atomic E-state index is 0.00693. The number of nitrogens with two attached hydrogens (primary N) is 1. The van der Waals surface area contributed by atoms with Crippen LogP contribution in [0.2, 0.25) is 0 Å². The number of anilines is 1. The van der Waals surface area contributed by atoms with E-state index in [0.717, 1.165) is 29.5 Å². The molecular weight excluding hydrogens is 516 g/mol. The fourth-order valence-electron chi connectivity index (χ4n) is 5.16. The van der Waals surface area contributed by atoms with Gasteiger partial charge in [0, 0.05) is 43.4 Å². The number of nitrogens with one attached hydrogen (secondary N) is 1. The Balaban J connectivity index is 1.35. The highest BCUT2D eigenvalue weighted by Gasteiger charge is 2.28. The molecule has 1 aliphatic rings. The van der Waals surface area contributed by atoms with Gasteiger partial charge in [-0.2, -0.15) is 5.10 Å². The lowest BCUT2D eigenvalue weighted by Crippen LogP contribution is -2.40. The van der Waals surface area contributed by atoms with Crippen LogP contribution in [0.15, 0.2) is 67.0 Å². The summed E-state index contributed by atoms with van der Waals surface area (Å²) < 4.78 is 1.90. The number of benzene rings is 2. The average Bonchev–Trinajstić information content (AvgIpc) is 3.37. The maximum absolute atomic E-state index is 12.8. The van der Waals surface area contributed by atoms with Gasteiger partial charge in [-0.3, -0.25) is 9.59 Å². The molecule has 2 aromatic heterocycles. The van der Waals surface area contributed by atoms with E-state index < -0.39 is 0 Å². The molecule has 4 aromatic rings. The molecule has 41 heavy (non-hydrogen) atoms. The van der Waals surface area contributed by atoms with Gasteiger partial charge in [-0.15, -0.1) is 0 Å². The highest BCUT2D eigenvalue weighted by atomic mass is 16.2. The smallest absolute Gasteiger partial charge is 0.251 e. The largest absolute Gasteiger partial charge is 0.383 e. The first kappa shape index (κ1) is 28.0. The second kappa shape index (κ2) is 12.3. The van der Waals surface area contributed by atoms with Crippen LogP contribution in [0.4, 0.5) is 5.82 Å². The number of amides is 2. The van der Waals surface area contributed by atoms with Gasteiger partial charge in [0.15, 0.2) is 5.65 Å². The first-order chi connectivity index (χ1) is 19.8. The molecular formula is C31H36N8O2. The number of fused-ring (bicyclic) bond motifs is 1. The van der Waals surface area contributed by atoms with Gasteiger partial charge in [0.25, 0.3) is 5.91 Å². The van der Waals surface area contributed by atoms with Crippen LogP contribution >= 0.6 is 0 Å². The predicted molar refractivity (Wildman–Crippen MR) is 160 cm³/mol. The molecule has 10 heteroatoms. The Morgan fingerprint density at radius 2 is 1.90 bits per heavy atom. The van der Waals surface area contributed by atoms with Gasteiger partial charge in [-0.1, -0.05) is 48.5 Å². The Kier molecular flexibility index (Phi) is 8.39. The topological polar surface area (TPSA) is 122 Å². The fraction of sp³-hybridized carbons (Fsp3) is 0.323. The number of carbonyl (C=O) groups excluding carboxylic acids is 2. The number of piperidine rings is 1. The third-order valence-corrected chi connectivity index (χ3v) is 7.37. The molecule has 0 spiro atoms. The minimum Gasteiger partial charge on any atom is -0.383 e. The van der Waals surface area contributed by atoms with Crippen molar-refractivity contribution in [1.29, 1.82) is 0 Å². The molecule has 2 aromatic carbocycles. The first-order valence-electron chi connectivity index (χ1n) is 13.8. The Labute approximate surface area is 239 Å². The monoisotopic (exact) mass is 552 g/mol. The molecule has 0 unspecified atom stereocenters. The molecule has 3 N–H and O–H groups in total. The molecule has 1 saturated heterocycles. The van der Waals surface area contributed by atoms with Gasteiger partial charge in [-0.25, -0.2) is 14.6 Å². The first-order valence-corrected chi connectivity index (χ1v) is 13.8. The molecule has 10 nitrogen and oxygen atoms in total. The summed E-state index contributed by atoms with van der Waals surface area (Å²) in [6.45, 7) is 4.30. The lowest BCUT2D eigenvalue weighted by atomic mass is 10.1. The highest BCUT2D eigenvalue weighted by molar-refractivity contribution is 5.98. The number of nitrogen functional groups attached to an aromatic ring is 1. The number of aryl methyl sites for hydroxylation is 1. The number of likely N-dealkylation sites (N-methyl/N-ethyl adjacent to an activating group) is 1. The van der Waals surface area contributed by atoms with Crippen molar-refractivity contribution in [3.8, 4) is 11.3 Å². The molecule has 5 rings (SSSR count). The number of nitrogens with zero attached hydrogens (tertiary/aromatic N) is 6. The van der Waals surface area contributed by atoms with Gasteiger partial charge in [-0.05, 0) is 51.1 Å². The summed E-state index contributed by atoms with van der Waals surface area (Å²) in [5.74, 6) is 0.267. The average molecular weight is 553 g/mol. The van der Waals surface area contributed by atoms with Crippen molar-refractivity contribution >= 4 is 28.7 Å². The maximum atomic E-state index is 12.8. The van der Waals surface area contributed by atoms with E-state index in [1.165, 1.54) is 6.33 Å². The summed E-state index contributed by atoms with van der Waals surface area (Å²) in [5, 5.41) is 8.67. The van der Waals surface area contributed by atoms with Crippen molar-refractivity contribution < 1.29 is 9.59 Å². The van der Waals surface area contributed by atoms with E-state index in [0.29, 0.717) is 54.3 Å². The number of likely N-dealkylation sites (tertiary alicyclic amines) is 1. The number of carbonyl (C=O) groups is 2. The van der Waals surface area contributed by atoms with Gasteiger partial charge in [0.1, 0.15) is 17.8 Å². The van der Waals surface area contributed by atoms with Gasteiger partial charge in [0.05, 0.1) is 11.4 Å². The molecule has 0 aliphatic carbocycles. The van der Waals surface area contributed by atoms with Crippen LogP contribution in [-0.4, -0.2) is 75.1 Å². The van der Waals surface area contributed by atoms with Gasteiger partial charge >= 0.3 is 0 Å². The van der Waals surface area contributed by atoms with E-state index >= 15 is 0 Å². The van der Waals surface area contributed by atoms with Gasteiger partial charge < -0.3 is 20.9 Å². The van der Waals surface area contributed by atoms with E-state index in [9.17, 15) is 9.59 Å². The van der Waals surface area contributed by atoms with Crippen LogP contribution in [0, 0.1) is 6.92 Å². The second-order valence-electron chi connectivity index (χ2n) is 10.7. The molecule has 1 aliphatic heterocycles. The van der Waals surface area contributed by atoms with Crippen molar-refractivity contribution in [2.75, 3.05) is 39.5 Å². The Hall–Kier alpha value is -4.57. The zero-order valence-electron chi connectivity index (χ0n) is 23.7. The van der Waals surface area contributed by atoms with Crippen molar-refractivity contribution in [2.45, 2.75) is 32.4 Å². The second-order valence-corrected chi connectivity index (χ2v) is 10.7. The summed E-state index contributed by atoms with van der Waals surface area (Å²) in [5.41, 5.74) is 11.1. The lowest BCUT2D eigenvalue weighted by Gasteiger charge is -2.32. The molecule has 1 atom stereocenters. The van der Waals surface area contributed by atoms with Crippen LogP contribution in [0.1, 0.15) is 40.4 Å². The Morgan fingerprint density at radius 3 is 2.66 bits per heavy atom. The van der Waals surface area contributed by atoms with E-state index in [1.54, 1.807) is 6.08 Å². The SMILES string of the molecule is Cc1ccccc1C(=O)NCc1ccc(-c2nn([C@@H]3CCCN(C(=O)/C=C/CN(C)C)C3)c3ncnc(N)c23)cc1. The van der Waals surface area contributed by atoms with Crippen LogP contribution in [0.25, 0.3) is 22.3 Å². The molecule has 3 heterocycles. The summed E-state index contributed by atoms with van der Waals surface area (Å²) in [6, 6.07) is 15.4. The van der Waals surface area contributed by atoms with E-state index in [4.69, 9.17) is 10.8 Å². The highest BCUT2D eigenvalue weighted by Crippen LogP contribution is 2.34. The Morgan fingerprint density at radius 1 is 1.12 bits per heavy atom. The number of aromatic nitrogens is 4. The zero-order chi connectivity index (χ0) is 28.9. The third-order valence-electron chi connectivity index (χ3n) is 7.37. The molecule has 1 fully saturated rings. The molecule has 2 amide bonds. The fourth-order valence-corrected chi connectivity index (χ4v) is 5.16. The van der Waals surface area contributed by atoms with Crippen LogP contribution < -0.4 is 11.1 Å². The zero-order valence-corrected chi connectivity index (χ0v) is 23.7. The van der Waals surface area contributed by atoms with Crippen molar-refractivity contribution in [3.05, 3.63) is 83.7 Å². The van der Waals surface area contributed by atoms with Gasteiger partial charge in [0.2, 0.25) is 5.91 Å². The standard InChI is InChI=1S/C31H36N8O2/c1-21-8-4-5-10-25(21)31(41)33-18-22-12-14-23(15-13-22)28-27-29(32)34-20-35-30(27)39(36-28)24-9-6-17-38(19-24)26(40)11-7-16-37(2)3/h4-5,7-8,10-15,20,24H,6,9,16-19H2,1-3H3,(H,33,41)(H2,32,34,35)/b11-7+/t24-/m1/s1. The van der Waals surface area contributed by atoms with E-state index in [2.05, 4.69) is 15.3 Å². The third kappa shape index (κ3) is 6.28. The quantitative estimate of drug-likeness (QED) is 0.320. The van der Waals surface area contributed by atoms with Crippen LogP contribution in [0.3, 0.4) is 0 Å². The van der Waals surface area contributed by atoms with Crippen molar-refractivity contribution in [2.24, 2.45) is 0 Å². The predicted octanol–water partition coefficient (Wildman–Crippen LogP) is 3.60. The summed E-state index contributed by atoms with van der Waals surface area (Å²) in [6.07, 6.45) is 6.75. The summed E-state index contributed by atoms with van der Waals surface area (Å²) >= 11 is 0. The Bertz CT molecular complexity index is 1580. The van der Waals surface area contributed by atoms with E-state index in [-0.39, 0.29) is 17.9 Å². The van der Waals surface area contributed by atoms with Crippen LogP contribution in [0.5, 0.6) is 0 Å². The van der Waals surface area contributed by atoms with Crippen molar-refractivity contribution in [3.63, 3.8) is 0 Å². The summed E-state index contributed by atoms with van der Waals surface area (Å²) in [4.78, 5) is 38.1. The number of hydrogen-bond acceptors (Lipinski definition) is 7. The molecule has 0 saturated carbocycles. The normalized spacial score (nSPS) is 15.6. The molecule has 212 valence electrons. The maximum Gasteiger partial charge on any atom is 0.251 e. The number of hydrogen-bond donors (Lipinski definition) is 2. The minimum atomic E-state index is -0.102. The lowest BCUT2D eigenvalue weighted by molar-refractivity contribution is -0.127. The molecule has 0 radical (unpaired) electrons. The summed E-state index contributed by atoms with van der Waals surface area (Å²) in [7, 11) is 3.94. The van der Waals surface area contributed by atoms with Crippen molar-refractivity contribution in [1.82, 2.24) is 34.9 Å². The number of rotatable bonds is 8.